The lowest BCUT2D eigenvalue weighted by molar-refractivity contribution is -0.148. The SMILES string of the molecule is O=C(C(c1ccccc1)N1CCCCC1=O)N1CCN(C/C=C/c2ccccc2)CC1. The Labute approximate surface area is 184 Å². The third-order valence-corrected chi connectivity index (χ3v) is 6.18. The molecule has 0 radical (unpaired) electrons. The maximum absolute atomic E-state index is 13.5. The molecule has 2 heterocycles. The Morgan fingerprint density at radius 2 is 1.55 bits per heavy atom. The number of amides is 2. The van der Waals surface area contributed by atoms with E-state index in [0.29, 0.717) is 26.1 Å². The van der Waals surface area contributed by atoms with Gasteiger partial charge in [-0.15, -0.1) is 0 Å². The van der Waals surface area contributed by atoms with Gasteiger partial charge in [0.1, 0.15) is 6.04 Å². The van der Waals surface area contributed by atoms with Crippen LogP contribution < -0.4 is 0 Å². The third-order valence-electron chi connectivity index (χ3n) is 6.18. The molecule has 5 nitrogen and oxygen atoms in total. The maximum Gasteiger partial charge on any atom is 0.250 e. The normalized spacial score (nSPS) is 19.0. The molecule has 162 valence electrons. The number of benzene rings is 2. The van der Waals surface area contributed by atoms with E-state index >= 15 is 0 Å². The second-order valence-corrected chi connectivity index (χ2v) is 8.30. The van der Waals surface area contributed by atoms with Crippen LogP contribution in [0.15, 0.2) is 66.7 Å². The van der Waals surface area contributed by atoms with E-state index in [1.165, 1.54) is 5.56 Å². The third kappa shape index (κ3) is 5.42. The molecule has 0 saturated carbocycles. The van der Waals surface area contributed by atoms with Crippen LogP contribution in [0.2, 0.25) is 0 Å². The number of rotatable bonds is 6. The first-order valence-corrected chi connectivity index (χ1v) is 11.3. The predicted molar refractivity (Wildman–Crippen MR) is 123 cm³/mol. The van der Waals surface area contributed by atoms with E-state index in [9.17, 15) is 9.59 Å². The van der Waals surface area contributed by atoms with Gasteiger partial charge in [0.2, 0.25) is 11.8 Å². The standard InChI is InChI=1S/C26H31N3O2/c30-24-15-7-8-17-29(24)25(23-13-5-2-6-14-23)26(31)28-20-18-27(19-21-28)16-9-12-22-10-3-1-4-11-22/h1-6,9-14,25H,7-8,15-21H2/b12-9+. The summed E-state index contributed by atoms with van der Waals surface area (Å²) in [4.78, 5) is 32.3. The number of hydrogen-bond donors (Lipinski definition) is 0. The molecule has 5 heteroatoms. The predicted octanol–water partition coefficient (Wildman–Crippen LogP) is 3.60. The Morgan fingerprint density at radius 3 is 2.23 bits per heavy atom. The highest BCUT2D eigenvalue weighted by molar-refractivity contribution is 5.89. The highest BCUT2D eigenvalue weighted by atomic mass is 16.2. The average molecular weight is 418 g/mol. The van der Waals surface area contributed by atoms with Crippen molar-refractivity contribution in [3.63, 3.8) is 0 Å². The zero-order valence-electron chi connectivity index (χ0n) is 18.0. The number of nitrogens with zero attached hydrogens (tertiary/aromatic N) is 3. The molecular weight excluding hydrogens is 386 g/mol. The van der Waals surface area contributed by atoms with Gasteiger partial charge in [0.15, 0.2) is 0 Å². The molecule has 2 aromatic rings. The Balaban J connectivity index is 1.38. The van der Waals surface area contributed by atoms with Gasteiger partial charge in [0.25, 0.3) is 0 Å². The van der Waals surface area contributed by atoms with E-state index in [4.69, 9.17) is 0 Å². The van der Waals surface area contributed by atoms with Gasteiger partial charge >= 0.3 is 0 Å². The van der Waals surface area contributed by atoms with Crippen molar-refractivity contribution in [3.8, 4) is 0 Å². The Kier molecular flexibility index (Phi) is 7.15. The molecule has 1 atom stereocenters. The van der Waals surface area contributed by atoms with Crippen molar-refractivity contribution >= 4 is 17.9 Å². The lowest BCUT2D eigenvalue weighted by Crippen LogP contribution is -2.53. The van der Waals surface area contributed by atoms with Gasteiger partial charge in [-0.05, 0) is 24.0 Å². The summed E-state index contributed by atoms with van der Waals surface area (Å²) in [6.45, 7) is 4.63. The molecule has 0 bridgehead atoms. The van der Waals surface area contributed by atoms with Crippen molar-refractivity contribution in [2.75, 3.05) is 39.3 Å². The first-order chi connectivity index (χ1) is 15.2. The summed E-state index contributed by atoms with van der Waals surface area (Å²) in [5, 5.41) is 0. The highest BCUT2D eigenvalue weighted by Gasteiger charge is 2.36. The molecule has 2 aliphatic heterocycles. The van der Waals surface area contributed by atoms with Crippen LogP contribution in [-0.4, -0.2) is 65.8 Å². The first-order valence-electron chi connectivity index (χ1n) is 11.3. The van der Waals surface area contributed by atoms with Crippen molar-refractivity contribution in [3.05, 3.63) is 77.9 Å². The summed E-state index contributed by atoms with van der Waals surface area (Å²) in [5.41, 5.74) is 2.11. The van der Waals surface area contributed by atoms with Gasteiger partial charge < -0.3 is 9.80 Å². The van der Waals surface area contributed by atoms with E-state index in [2.05, 4.69) is 29.2 Å². The molecule has 0 N–H and O–H groups in total. The minimum Gasteiger partial charge on any atom is -0.338 e. The number of carbonyl (C=O) groups is 2. The quantitative estimate of drug-likeness (QED) is 0.721. The molecule has 0 spiro atoms. The van der Waals surface area contributed by atoms with Crippen molar-refractivity contribution < 1.29 is 9.59 Å². The zero-order valence-corrected chi connectivity index (χ0v) is 18.0. The van der Waals surface area contributed by atoms with Crippen LogP contribution in [0.5, 0.6) is 0 Å². The molecular formula is C26H31N3O2. The molecule has 31 heavy (non-hydrogen) atoms. The maximum atomic E-state index is 13.5. The van der Waals surface area contributed by atoms with E-state index in [1.54, 1.807) is 4.90 Å². The fourth-order valence-corrected chi connectivity index (χ4v) is 4.42. The van der Waals surface area contributed by atoms with Gasteiger partial charge in [-0.3, -0.25) is 14.5 Å². The van der Waals surface area contributed by atoms with Crippen LogP contribution in [0, 0.1) is 0 Å². The fraction of sp³-hybridized carbons (Fsp3) is 0.385. The van der Waals surface area contributed by atoms with Gasteiger partial charge in [-0.1, -0.05) is 72.8 Å². The highest BCUT2D eigenvalue weighted by Crippen LogP contribution is 2.28. The second kappa shape index (κ2) is 10.4. The van der Waals surface area contributed by atoms with Crippen LogP contribution in [0.3, 0.4) is 0 Å². The van der Waals surface area contributed by atoms with Crippen molar-refractivity contribution in [2.45, 2.75) is 25.3 Å². The van der Waals surface area contributed by atoms with Crippen LogP contribution in [-0.2, 0) is 9.59 Å². The molecule has 1 unspecified atom stereocenters. The van der Waals surface area contributed by atoms with Crippen molar-refractivity contribution in [1.82, 2.24) is 14.7 Å². The second-order valence-electron chi connectivity index (χ2n) is 8.30. The van der Waals surface area contributed by atoms with E-state index in [1.807, 2.05) is 53.4 Å². The Bertz CT molecular complexity index is 889. The topological polar surface area (TPSA) is 43.9 Å². The molecule has 2 saturated heterocycles. The van der Waals surface area contributed by atoms with E-state index < -0.39 is 6.04 Å². The molecule has 4 rings (SSSR count). The molecule has 2 fully saturated rings. The molecule has 2 aliphatic rings. The number of piperidine rings is 1. The number of piperazine rings is 1. The minimum atomic E-state index is -0.501. The molecule has 2 aromatic carbocycles. The largest absolute Gasteiger partial charge is 0.338 e. The lowest BCUT2D eigenvalue weighted by atomic mass is 9.99. The van der Waals surface area contributed by atoms with E-state index in [-0.39, 0.29) is 11.8 Å². The number of likely N-dealkylation sites (tertiary alicyclic amines) is 1. The number of hydrogen-bond acceptors (Lipinski definition) is 3. The monoisotopic (exact) mass is 417 g/mol. The molecule has 0 aromatic heterocycles. The summed E-state index contributed by atoms with van der Waals surface area (Å²) < 4.78 is 0. The van der Waals surface area contributed by atoms with Gasteiger partial charge in [0, 0.05) is 45.7 Å². The van der Waals surface area contributed by atoms with Crippen molar-refractivity contribution in [2.24, 2.45) is 0 Å². The van der Waals surface area contributed by atoms with Gasteiger partial charge in [-0.25, -0.2) is 0 Å². The van der Waals surface area contributed by atoms with E-state index in [0.717, 1.165) is 38.0 Å². The van der Waals surface area contributed by atoms with Crippen LogP contribution in [0.4, 0.5) is 0 Å². The Morgan fingerprint density at radius 1 is 0.871 bits per heavy atom. The average Bonchev–Trinajstić information content (AvgIpc) is 2.82. The fourth-order valence-electron chi connectivity index (χ4n) is 4.42. The van der Waals surface area contributed by atoms with Crippen LogP contribution in [0.25, 0.3) is 6.08 Å². The molecule has 2 amide bonds. The van der Waals surface area contributed by atoms with Crippen LogP contribution in [0.1, 0.15) is 36.4 Å². The van der Waals surface area contributed by atoms with Crippen molar-refractivity contribution in [1.29, 1.82) is 0 Å². The minimum absolute atomic E-state index is 0.0564. The summed E-state index contributed by atoms with van der Waals surface area (Å²) in [5.74, 6) is 0.152. The molecule has 0 aliphatic carbocycles. The van der Waals surface area contributed by atoms with Gasteiger partial charge in [-0.2, -0.15) is 0 Å². The number of carbonyl (C=O) groups excluding carboxylic acids is 2. The summed E-state index contributed by atoms with van der Waals surface area (Å²) in [6, 6.07) is 19.6. The Hall–Kier alpha value is -2.92. The summed E-state index contributed by atoms with van der Waals surface area (Å²) >= 11 is 0. The van der Waals surface area contributed by atoms with Crippen LogP contribution >= 0.6 is 0 Å². The van der Waals surface area contributed by atoms with Gasteiger partial charge in [0.05, 0.1) is 0 Å². The summed E-state index contributed by atoms with van der Waals surface area (Å²) in [6.07, 6.45) is 6.75. The summed E-state index contributed by atoms with van der Waals surface area (Å²) in [7, 11) is 0. The first kappa shape index (κ1) is 21.3. The smallest absolute Gasteiger partial charge is 0.250 e. The zero-order chi connectivity index (χ0) is 21.5. The lowest BCUT2D eigenvalue weighted by Gasteiger charge is -2.40.